The maximum atomic E-state index is 12.1. The monoisotopic (exact) mass is 239 g/mol. The molecule has 2 aliphatic rings. The van der Waals surface area contributed by atoms with Gasteiger partial charge in [0.2, 0.25) is 5.91 Å². The van der Waals surface area contributed by atoms with Crippen molar-refractivity contribution in [3.8, 4) is 0 Å². The molecular formula is C13H25N3O. The van der Waals surface area contributed by atoms with Crippen molar-refractivity contribution in [1.29, 1.82) is 0 Å². The lowest BCUT2D eigenvalue weighted by atomic mass is 9.93. The Kier molecular flexibility index (Phi) is 4.05. The summed E-state index contributed by atoms with van der Waals surface area (Å²) in [7, 11) is 2.14. The molecule has 3 N–H and O–H groups in total. The summed E-state index contributed by atoms with van der Waals surface area (Å²) in [5.74, 6) is 0.948. The Morgan fingerprint density at radius 3 is 2.71 bits per heavy atom. The van der Waals surface area contributed by atoms with Gasteiger partial charge in [-0.25, -0.2) is 0 Å². The normalized spacial score (nSPS) is 39.2. The number of amides is 1. The van der Waals surface area contributed by atoms with Gasteiger partial charge < -0.3 is 16.0 Å². The van der Waals surface area contributed by atoms with Crippen molar-refractivity contribution >= 4 is 5.91 Å². The summed E-state index contributed by atoms with van der Waals surface area (Å²) in [6.07, 6.45) is 3.91. The minimum Gasteiger partial charge on any atom is -0.353 e. The summed E-state index contributed by atoms with van der Waals surface area (Å²) < 4.78 is 0. The molecule has 17 heavy (non-hydrogen) atoms. The summed E-state index contributed by atoms with van der Waals surface area (Å²) in [5.41, 5.74) is 5.85. The summed E-state index contributed by atoms with van der Waals surface area (Å²) in [6.45, 7) is 4.38. The predicted octanol–water partition coefficient (Wildman–Crippen LogP) is 0.570. The van der Waals surface area contributed by atoms with E-state index in [1.807, 2.05) is 0 Å². The van der Waals surface area contributed by atoms with Crippen LogP contribution in [0.25, 0.3) is 0 Å². The SMILES string of the molecule is CC1CN(C)CCC1NC(=O)C1CCC(N)C1. The number of nitrogens with zero attached hydrogens (tertiary/aromatic N) is 1. The van der Waals surface area contributed by atoms with Crippen molar-refractivity contribution in [2.75, 3.05) is 20.1 Å². The lowest BCUT2D eigenvalue weighted by molar-refractivity contribution is -0.126. The zero-order valence-corrected chi connectivity index (χ0v) is 11.0. The molecule has 1 saturated heterocycles. The largest absolute Gasteiger partial charge is 0.353 e. The van der Waals surface area contributed by atoms with Crippen LogP contribution in [-0.2, 0) is 4.79 Å². The van der Waals surface area contributed by atoms with E-state index in [9.17, 15) is 4.79 Å². The highest BCUT2D eigenvalue weighted by Crippen LogP contribution is 2.25. The van der Waals surface area contributed by atoms with Gasteiger partial charge in [0, 0.05) is 24.5 Å². The number of piperidine rings is 1. The number of hydrogen-bond acceptors (Lipinski definition) is 3. The number of carbonyl (C=O) groups excluding carboxylic acids is 1. The Hall–Kier alpha value is -0.610. The Balaban J connectivity index is 1.82. The third kappa shape index (κ3) is 3.19. The van der Waals surface area contributed by atoms with Crippen molar-refractivity contribution in [2.45, 2.75) is 44.7 Å². The Labute approximate surface area is 104 Å². The van der Waals surface area contributed by atoms with Gasteiger partial charge in [0.25, 0.3) is 0 Å². The van der Waals surface area contributed by atoms with E-state index in [4.69, 9.17) is 5.73 Å². The molecular weight excluding hydrogens is 214 g/mol. The van der Waals surface area contributed by atoms with Crippen LogP contribution in [0.3, 0.4) is 0 Å². The third-order valence-corrected chi connectivity index (χ3v) is 4.28. The fourth-order valence-corrected chi connectivity index (χ4v) is 3.12. The van der Waals surface area contributed by atoms with Crippen LogP contribution in [0.5, 0.6) is 0 Å². The number of hydrogen-bond donors (Lipinski definition) is 2. The minimum atomic E-state index is 0.164. The van der Waals surface area contributed by atoms with Crippen LogP contribution >= 0.6 is 0 Å². The zero-order valence-electron chi connectivity index (χ0n) is 11.0. The van der Waals surface area contributed by atoms with Crippen LogP contribution in [0.1, 0.15) is 32.6 Å². The van der Waals surface area contributed by atoms with Gasteiger partial charge in [-0.15, -0.1) is 0 Å². The molecule has 0 spiro atoms. The van der Waals surface area contributed by atoms with E-state index < -0.39 is 0 Å². The second-order valence-corrected chi connectivity index (χ2v) is 5.91. The first kappa shape index (κ1) is 12.8. The predicted molar refractivity (Wildman–Crippen MR) is 68.5 cm³/mol. The maximum Gasteiger partial charge on any atom is 0.223 e. The van der Waals surface area contributed by atoms with E-state index in [1.165, 1.54) is 0 Å². The number of likely N-dealkylation sites (tertiary alicyclic amines) is 1. The quantitative estimate of drug-likeness (QED) is 0.741. The van der Waals surface area contributed by atoms with Gasteiger partial charge in [0.1, 0.15) is 0 Å². The first-order valence-corrected chi connectivity index (χ1v) is 6.80. The molecule has 4 nitrogen and oxygen atoms in total. The molecule has 2 rings (SSSR count). The highest BCUT2D eigenvalue weighted by molar-refractivity contribution is 5.79. The van der Waals surface area contributed by atoms with Crippen LogP contribution < -0.4 is 11.1 Å². The number of nitrogens with two attached hydrogens (primary N) is 1. The van der Waals surface area contributed by atoms with Crippen molar-refractivity contribution in [2.24, 2.45) is 17.6 Å². The van der Waals surface area contributed by atoms with Crippen LogP contribution in [-0.4, -0.2) is 43.0 Å². The van der Waals surface area contributed by atoms with Gasteiger partial charge >= 0.3 is 0 Å². The van der Waals surface area contributed by atoms with E-state index in [1.54, 1.807) is 0 Å². The van der Waals surface area contributed by atoms with Gasteiger partial charge in [-0.2, -0.15) is 0 Å². The fourth-order valence-electron chi connectivity index (χ4n) is 3.12. The standard InChI is InChI=1S/C13H25N3O/c1-9-8-16(2)6-5-12(9)15-13(17)10-3-4-11(14)7-10/h9-12H,3-8,14H2,1-2H3,(H,15,17). The molecule has 4 atom stereocenters. The van der Waals surface area contributed by atoms with E-state index in [0.717, 1.165) is 38.8 Å². The number of carbonyl (C=O) groups is 1. The highest BCUT2D eigenvalue weighted by atomic mass is 16.2. The Morgan fingerprint density at radius 2 is 2.12 bits per heavy atom. The second-order valence-electron chi connectivity index (χ2n) is 5.91. The topological polar surface area (TPSA) is 58.4 Å². The molecule has 0 aromatic rings. The lowest BCUT2D eigenvalue weighted by Gasteiger charge is -2.35. The average molecular weight is 239 g/mol. The van der Waals surface area contributed by atoms with E-state index in [2.05, 4.69) is 24.2 Å². The number of rotatable bonds is 2. The Morgan fingerprint density at radius 1 is 1.35 bits per heavy atom. The summed E-state index contributed by atoms with van der Waals surface area (Å²) in [4.78, 5) is 14.4. The molecule has 1 aliphatic heterocycles. The summed E-state index contributed by atoms with van der Waals surface area (Å²) in [5, 5.41) is 3.23. The van der Waals surface area contributed by atoms with Crippen molar-refractivity contribution in [3.05, 3.63) is 0 Å². The molecule has 0 bridgehead atoms. The first-order valence-electron chi connectivity index (χ1n) is 6.80. The van der Waals surface area contributed by atoms with Gasteiger partial charge in [0.05, 0.1) is 0 Å². The summed E-state index contributed by atoms with van der Waals surface area (Å²) >= 11 is 0. The van der Waals surface area contributed by atoms with Crippen molar-refractivity contribution in [3.63, 3.8) is 0 Å². The van der Waals surface area contributed by atoms with E-state index in [0.29, 0.717) is 12.0 Å². The molecule has 0 aromatic carbocycles. The van der Waals surface area contributed by atoms with Gasteiger partial charge in [0.15, 0.2) is 0 Å². The minimum absolute atomic E-state index is 0.164. The van der Waals surface area contributed by atoms with Gasteiger partial charge in [-0.3, -0.25) is 4.79 Å². The molecule has 2 fully saturated rings. The molecule has 1 amide bonds. The van der Waals surface area contributed by atoms with E-state index >= 15 is 0 Å². The molecule has 1 aliphatic carbocycles. The third-order valence-electron chi connectivity index (χ3n) is 4.28. The van der Waals surface area contributed by atoms with Crippen LogP contribution in [0.2, 0.25) is 0 Å². The molecule has 1 heterocycles. The molecule has 0 aromatic heterocycles. The second kappa shape index (κ2) is 5.36. The highest BCUT2D eigenvalue weighted by Gasteiger charge is 2.31. The van der Waals surface area contributed by atoms with Crippen molar-refractivity contribution < 1.29 is 4.79 Å². The first-order chi connectivity index (χ1) is 8.06. The lowest BCUT2D eigenvalue weighted by Crippen LogP contribution is -2.50. The molecule has 98 valence electrons. The zero-order chi connectivity index (χ0) is 12.4. The molecule has 0 radical (unpaired) electrons. The smallest absolute Gasteiger partial charge is 0.223 e. The van der Waals surface area contributed by atoms with Crippen LogP contribution in [0.4, 0.5) is 0 Å². The van der Waals surface area contributed by atoms with Gasteiger partial charge in [-0.05, 0) is 45.2 Å². The van der Waals surface area contributed by atoms with E-state index in [-0.39, 0.29) is 17.9 Å². The van der Waals surface area contributed by atoms with Crippen LogP contribution in [0.15, 0.2) is 0 Å². The molecule has 4 heteroatoms. The molecule has 1 saturated carbocycles. The maximum absolute atomic E-state index is 12.1. The average Bonchev–Trinajstić information content (AvgIpc) is 2.69. The summed E-state index contributed by atoms with van der Waals surface area (Å²) in [6, 6.07) is 0.594. The van der Waals surface area contributed by atoms with Crippen molar-refractivity contribution in [1.82, 2.24) is 10.2 Å². The van der Waals surface area contributed by atoms with Crippen LogP contribution in [0, 0.1) is 11.8 Å². The Bertz CT molecular complexity index is 282. The molecule has 4 unspecified atom stereocenters. The fraction of sp³-hybridized carbons (Fsp3) is 0.923. The number of nitrogens with one attached hydrogen (secondary N) is 1. The van der Waals surface area contributed by atoms with Gasteiger partial charge in [-0.1, -0.05) is 6.92 Å².